The summed E-state index contributed by atoms with van der Waals surface area (Å²) >= 11 is 1.89. The number of rotatable bonds is 6. The van der Waals surface area contributed by atoms with E-state index in [9.17, 15) is 4.79 Å². The van der Waals surface area contributed by atoms with Crippen LogP contribution in [0.5, 0.6) is 0 Å². The van der Waals surface area contributed by atoms with Crippen molar-refractivity contribution >= 4 is 17.7 Å². The Labute approximate surface area is 115 Å². The van der Waals surface area contributed by atoms with E-state index in [0.29, 0.717) is 24.0 Å². The molecule has 18 heavy (non-hydrogen) atoms. The van der Waals surface area contributed by atoms with Crippen LogP contribution in [0.1, 0.15) is 46.0 Å². The van der Waals surface area contributed by atoms with E-state index in [1.165, 1.54) is 25.7 Å². The van der Waals surface area contributed by atoms with Crippen molar-refractivity contribution in [2.24, 2.45) is 5.92 Å². The second-order valence-electron chi connectivity index (χ2n) is 5.81. The quantitative estimate of drug-likeness (QED) is 0.777. The molecule has 2 fully saturated rings. The molecule has 3 unspecified atom stereocenters. The van der Waals surface area contributed by atoms with Crippen molar-refractivity contribution in [2.75, 3.05) is 11.5 Å². The lowest BCUT2D eigenvalue weighted by Crippen LogP contribution is -2.41. The molecule has 3 nitrogen and oxygen atoms in total. The molecular formula is C14H26N2OS. The van der Waals surface area contributed by atoms with Gasteiger partial charge in [0, 0.05) is 30.3 Å². The first-order valence-corrected chi connectivity index (χ1v) is 8.46. The molecule has 2 aliphatic rings. The predicted octanol–water partition coefficient (Wildman–Crippen LogP) is 2.16. The van der Waals surface area contributed by atoms with Crippen molar-refractivity contribution in [3.63, 3.8) is 0 Å². The standard InChI is InChI=1S/C14H26N2OS/c1-3-18-9-10(2)15-14(17)8-11-6-12-4-5-13(7-11)16-12/h10-13,16H,3-9H2,1-2H3,(H,15,17). The van der Waals surface area contributed by atoms with Crippen LogP contribution in [0, 0.1) is 5.92 Å². The molecule has 0 aromatic carbocycles. The molecular weight excluding hydrogens is 244 g/mol. The van der Waals surface area contributed by atoms with Crippen molar-refractivity contribution < 1.29 is 4.79 Å². The van der Waals surface area contributed by atoms with Gasteiger partial charge in [0.1, 0.15) is 0 Å². The van der Waals surface area contributed by atoms with Crippen molar-refractivity contribution in [1.82, 2.24) is 10.6 Å². The minimum absolute atomic E-state index is 0.255. The van der Waals surface area contributed by atoms with Crippen LogP contribution >= 0.6 is 11.8 Å². The molecule has 104 valence electrons. The Balaban J connectivity index is 1.67. The normalized spacial score (nSPS) is 32.2. The number of thioether (sulfide) groups is 1. The van der Waals surface area contributed by atoms with Crippen LogP contribution in [0.25, 0.3) is 0 Å². The Morgan fingerprint density at radius 3 is 2.67 bits per heavy atom. The zero-order valence-corrected chi connectivity index (χ0v) is 12.4. The number of carbonyl (C=O) groups excluding carboxylic acids is 1. The number of amides is 1. The first-order chi connectivity index (χ1) is 8.67. The van der Waals surface area contributed by atoms with E-state index in [4.69, 9.17) is 0 Å². The van der Waals surface area contributed by atoms with E-state index in [0.717, 1.165) is 17.9 Å². The van der Waals surface area contributed by atoms with Gasteiger partial charge in [-0.1, -0.05) is 6.92 Å². The number of nitrogens with one attached hydrogen (secondary N) is 2. The molecule has 0 aliphatic carbocycles. The minimum Gasteiger partial charge on any atom is -0.353 e. The van der Waals surface area contributed by atoms with Crippen LogP contribution in [0.3, 0.4) is 0 Å². The fourth-order valence-electron chi connectivity index (χ4n) is 3.27. The van der Waals surface area contributed by atoms with Crippen LogP contribution in [0.4, 0.5) is 0 Å². The lowest BCUT2D eigenvalue weighted by molar-refractivity contribution is -0.122. The van der Waals surface area contributed by atoms with Gasteiger partial charge in [-0.15, -0.1) is 0 Å². The molecule has 3 atom stereocenters. The second kappa shape index (κ2) is 6.80. The summed E-state index contributed by atoms with van der Waals surface area (Å²) in [5.41, 5.74) is 0. The molecule has 2 rings (SSSR count). The lowest BCUT2D eigenvalue weighted by atomic mass is 9.89. The molecule has 2 saturated heterocycles. The number of piperidine rings is 1. The van der Waals surface area contributed by atoms with Crippen molar-refractivity contribution in [3.8, 4) is 0 Å². The first-order valence-electron chi connectivity index (χ1n) is 7.30. The zero-order valence-electron chi connectivity index (χ0n) is 11.6. The highest BCUT2D eigenvalue weighted by Crippen LogP contribution is 2.32. The highest BCUT2D eigenvalue weighted by atomic mass is 32.2. The molecule has 0 aromatic heterocycles. The molecule has 2 bridgehead atoms. The Hall–Kier alpha value is -0.220. The Kier molecular flexibility index (Phi) is 5.37. The van der Waals surface area contributed by atoms with Crippen molar-refractivity contribution in [3.05, 3.63) is 0 Å². The monoisotopic (exact) mass is 270 g/mol. The average Bonchev–Trinajstić information content (AvgIpc) is 2.66. The number of carbonyl (C=O) groups is 1. The summed E-state index contributed by atoms with van der Waals surface area (Å²) in [5, 5.41) is 6.76. The summed E-state index contributed by atoms with van der Waals surface area (Å²) < 4.78 is 0. The molecule has 0 spiro atoms. The van der Waals surface area contributed by atoms with Gasteiger partial charge in [-0.3, -0.25) is 4.79 Å². The highest BCUT2D eigenvalue weighted by Gasteiger charge is 2.34. The van der Waals surface area contributed by atoms with E-state index in [1.807, 2.05) is 11.8 Å². The highest BCUT2D eigenvalue weighted by molar-refractivity contribution is 7.99. The largest absolute Gasteiger partial charge is 0.353 e. The molecule has 2 aliphatic heterocycles. The maximum atomic E-state index is 12.0. The maximum absolute atomic E-state index is 12.0. The van der Waals surface area contributed by atoms with Crippen LogP contribution in [0.15, 0.2) is 0 Å². The second-order valence-corrected chi connectivity index (χ2v) is 7.13. The van der Waals surface area contributed by atoms with Gasteiger partial charge in [0.25, 0.3) is 0 Å². The van der Waals surface area contributed by atoms with Gasteiger partial charge >= 0.3 is 0 Å². The molecule has 0 aromatic rings. The van der Waals surface area contributed by atoms with Gasteiger partial charge < -0.3 is 10.6 Å². The van der Waals surface area contributed by atoms with Crippen molar-refractivity contribution in [1.29, 1.82) is 0 Å². The number of fused-ring (bicyclic) bond motifs is 2. The summed E-state index contributed by atoms with van der Waals surface area (Å²) in [6, 6.07) is 1.69. The number of hydrogen-bond acceptors (Lipinski definition) is 3. The van der Waals surface area contributed by atoms with Crippen LogP contribution in [-0.4, -0.2) is 35.5 Å². The van der Waals surface area contributed by atoms with E-state index in [-0.39, 0.29) is 5.91 Å². The average molecular weight is 270 g/mol. The van der Waals surface area contributed by atoms with E-state index >= 15 is 0 Å². The molecule has 4 heteroatoms. The number of hydrogen-bond donors (Lipinski definition) is 2. The van der Waals surface area contributed by atoms with E-state index in [2.05, 4.69) is 24.5 Å². The fraction of sp³-hybridized carbons (Fsp3) is 0.929. The van der Waals surface area contributed by atoms with Crippen LogP contribution in [0.2, 0.25) is 0 Å². The van der Waals surface area contributed by atoms with Crippen LogP contribution in [-0.2, 0) is 4.79 Å². The molecule has 1 amide bonds. The molecule has 0 radical (unpaired) electrons. The maximum Gasteiger partial charge on any atom is 0.220 e. The van der Waals surface area contributed by atoms with Gasteiger partial charge in [0.05, 0.1) is 0 Å². The summed E-state index contributed by atoms with van der Waals surface area (Å²) in [5.74, 6) is 3.01. The van der Waals surface area contributed by atoms with E-state index in [1.54, 1.807) is 0 Å². The topological polar surface area (TPSA) is 41.1 Å². The minimum atomic E-state index is 0.255. The lowest BCUT2D eigenvalue weighted by Gasteiger charge is -2.29. The first kappa shape index (κ1) is 14.2. The third-order valence-electron chi connectivity index (χ3n) is 4.02. The Morgan fingerprint density at radius 1 is 1.39 bits per heavy atom. The molecule has 2 heterocycles. The third-order valence-corrected chi connectivity index (χ3v) is 5.17. The smallest absolute Gasteiger partial charge is 0.220 e. The van der Waals surface area contributed by atoms with E-state index < -0.39 is 0 Å². The fourth-order valence-corrected chi connectivity index (χ4v) is 3.95. The summed E-state index contributed by atoms with van der Waals surface area (Å²) in [6.07, 6.45) is 5.75. The Morgan fingerprint density at radius 2 is 2.06 bits per heavy atom. The van der Waals surface area contributed by atoms with Gasteiger partial charge in [-0.25, -0.2) is 0 Å². The summed E-state index contributed by atoms with van der Waals surface area (Å²) in [7, 11) is 0. The van der Waals surface area contributed by atoms with Gasteiger partial charge in [-0.05, 0) is 44.3 Å². The van der Waals surface area contributed by atoms with Gasteiger partial charge in [-0.2, -0.15) is 11.8 Å². The van der Waals surface area contributed by atoms with Gasteiger partial charge in [0.15, 0.2) is 0 Å². The SMILES string of the molecule is CCSCC(C)NC(=O)CC1CC2CCC(C1)N2. The zero-order chi connectivity index (χ0) is 13.0. The summed E-state index contributed by atoms with van der Waals surface area (Å²) in [6.45, 7) is 4.26. The van der Waals surface area contributed by atoms with Crippen molar-refractivity contribution in [2.45, 2.75) is 64.1 Å². The van der Waals surface area contributed by atoms with Gasteiger partial charge in [0.2, 0.25) is 5.91 Å². The predicted molar refractivity (Wildman–Crippen MR) is 77.9 cm³/mol. The third kappa shape index (κ3) is 4.16. The van der Waals surface area contributed by atoms with Crippen LogP contribution < -0.4 is 10.6 Å². The molecule has 2 N–H and O–H groups in total. The summed E-state index contributed by atoms with van der Waals surface area (Å²) in [4.78, 5) is 12.0. The molecule has 0 saturated carbocycles. The Bertz CT molecular complexity index is 273.